The topological polar surface area (TPSA) is 492 Å². The Labute approximate surface area is 497 Å². The molecule has 85 heavy (non-hydrogen) atoms. The number of ether oxygens (including phenoxy) is 16. The van der Waals surface area contributed by atoms with Gasteiger partial charge in [0, 0.05) is 0 Å². The zero-order valence-corrected chi connectivity index (χ0v) is 49.5. The molecule has 0 aromatic heterocycles. The summed E-state index contributed by atoms with van der Waals surface area (Å²) < 4.78 is 92.5. The molecule has 33 heteroatoms. The van der Waals surface area contributed by atoms with Crippen LogP contribution in [0.1, 0.15) is 20.8 Å². The molecular formula is C52H106O33. The lowest BCUT2D eigenvalue weighted by Crippen LogP contribution is -2.39. The van der Waals surface area contributed by atoms with E-state index in [1.165, 1.54) is 0 Å². The molecule has 17 N–H and O–H groups in total. The van der Waals surface area contributed by atoms with E-state index in [9.17, 15) is 66.4 Å². The van der Waals surface area contributed by atoms with Crippen LogP contribution in [0.4, 0.5) is 0 Å². The van der Waals surface area contributed by atoms with Gasteiger partial charge in [0.25, 0.3) is 0 Å². The third kappa shape index (κ3) is 49.1. The van der Waals surface area contributed by atoms with Crippen molar-refractivity contribution in [2.24, 2.45) is 0 Å². The van der Waals surface area contributed by atoms with Crippen LogP contribution in [-0.2, 0) is 75.8 Å². The smallest absolute Gasteiger partial charge is 0.104 e. The summed E-state index contributed by atoms with van der Waals surface area (Å²) in [5, 5.41) is 164. The molecule has 0 aromatic carbocycles. The number of hydrogen-bond acceptors (Lipinski definition) is 33. The average Bonchev–Trinajstić information content (AvgIpc) is 3.49. The monoisotopic (exact) mass is 1260 g/mol. The zero-order chi connectivity index (χ0) is 63.7. The van der Waals surface area contributed by atoms with E-state index in [2.05, 4.69) is 0 Å². The lowest BCUT2D eigenvalue weighted by atomic mass is 10.2. The molecule has 33 nitrogen and oxygen atoms in total. The molecule has 0 saturated heterocycles. The second-order valence-corrected chi connectivity index (χ2v) is 20.7. The van der Waals surface area contributed by atoms with Crippen molar-refractivity contribution in [3.8, 4) is 0 Å². The van der Waals surface area contributed by atoms with Crippen molar-refractivity contribution < 1.29 is 163 Å². The molecule has 0 aliphatic carbocycles. The number of aliphatic hydroxyl groups excluding tert-OH is 17. The fourth-order valence-corrected chi connectivity index (χ4v) is 6.24. The van der Waals surface area contributed by atoms with Crippen LogP contribution in [0.15, 0.2) is 0 Å². The van der Waals surface area contributed by atoms with Crippen molar-refractivity contribution in [1.29, 1.82) is 0 Å². The Morgan fingerprint density at radius 2 is 0.376 bits per heavy atom. The van der Waals surface area contributed by atoms with E-state index in [1.54, 1.807) is 0 Å². The van der Waals surface area contributed by atoms with Gasteiger partial charge in [-0.1, -0.05) is 0 Å². The van der Waals surface area contributed by atoms with Crippen LogP contribution in [0.3, 0.4) is 0 Å². The highest BCUT2D eigenvalue weighted by Gasteiger charge is 2.25. The van der Waals surface area contributed by atoms with Crippen LogP contribution in [0.5, 0.6) is 0 Å². The first kappa shape index (κ1) is 83.7. The first-order valence-electron chi connectivity index (χ1n) is 28.2. The van der Waals surface area contributed by atoms with Gasteiger partial charge in [0.1, 0.15) is 97.7 Å². The maximum absolute atomic E-state index is 10.7. The van der Waals surface area contributed by atoms with Crippen LogP contribution < -0.4 is 0 Å². The second kappa shape index (κ2) is 54.4. The van der Waals surface area contributed by atoms with Gasteiger partial charge < -0.3 is 163 Å². The lowest BCUT2D eigenvalue weighted by Gasteiger charge is -2.28. The average molecular weight is 1260 g/mol. The summed E-state index contributed by atoms with van der Waals surface area (Å²) in [6.07, 6.45) is -16.8. The van der Waals surface area contributed by atoms with E-state index in [0.717, 1.165) is 0 Å². The molecule has 16 atom stereocenters. The van der Waals surface area contributed by atoms with Crippen molar-refractivity contribution in [3.05, 3.63) is 0 Å². The minimum Gasteiger partial charge on any atom is -0.394 e. The Kier molecular flexibility index (Phi) is 53.6. The zero-order valence-electron chi connectivity index (χ0n) is 49.5. The summed E-state index contributed by atoms with van der Waals surface area (Å²) >= 11 is 0. The van der Waals surface area contributed by atoms with Gasteiger partial charge in [-0.2, -0.15) is 0 Å². The van der Waals surface area contributed by atoms with E-state index in [0.29, 0.717) is 0 Å². The van der Waals surface area contributed by atoms with Crippen molar-refractivity contribution in [2.75, 3.05) is 211 Å². The molecular weight excluding hydrogens is 1150 g/mol. The summed E-state index contributed by atoms with van der Waals surface area (Å²) in [6, 6.07) is 0. The SMILES string of the molecule is CC(C)(C)OCC(COCC(COCC(COCC(O)CO)OCC(CO)OCC(O)CO)OCC(O)COCC(O)CO)OCC(COCC(COCC(CO)OCC(O)CO)OCC(O)COCC(O)CO)OCC(CO)OCC(O)CO. The summed E-state index contributed by atoms with van der Waals surface area (Å²) in [5.74, 6) is 0. The van der Waals surface area contributed by atoms with Crippen molar-refractivity contribution in [3.63, 3.8) is 0 Å². The Hall–Kier alpha value is -1.32. The summed E-state index contributed by atoms with van der Waals surface area (Å²) in [4.78, 5) is 0. The number of hydrogen-bond donors (Lipinski definition) is 17. The van der Waals surface area contributed by atoms with Gasteiger partial charge >= 0.3 is 0 Å². The van der Waals surface area contributed by atoms with Crippen LogP contribution in [0.25, 0.3) is 0 Å². The van der Waals surface area contributed by atoms with Crippen molar-refractivity contribution in [1.82, 2.24) is 0 Å². The van der Waals surface area contributed by atoms with Crippen LogP contribution in [0, 0.1) is 0 Å². The summed E-state index contributed by atoms with van der Waals surface area (Å²) in [5.41, 5.74) is -0.666. The Balaban J connectivity index is 6.52. The molecule has 0 rings (SSSR count). The van der Waals surface area contributed by atoms with Gasteiger partial charge in [-0.15, -0.1) is 0 Å². The number of aliphatic hydroxyl groups is 17. The van der Waals surface area contributed by atoms with Crippen molar-refractivity contribution >= 4 is 0 Å². The normalized spacial score (nSPS) is 18.2. The van der Waals surface area contributed by atoms with E-state index in [1.807, 2.05) is 20.8 Å². The molecule has 0 bridgehead atoms. The highest BCUT2D eigenvalue weighted by atomic mass is 16.6. The quantitative estimate of drug-likeness (QED) is 0.0269. The first-order valence-corrected chi connectivity index (χ1v) is 28.2. The van der Waals surface area contributed by atoms with E-state index >= 15 is 0 Å². The lowest BCUT2D eigenvalue weighted by molar-refractivity contribution is -0.156. The highest BCUT2D eigenvalue weighted by molar-refractivity contribution is 4.71. The minimum atomic E-state index is -1.24. The molecule has 0 aromatic rings. The molecule has 512 valence electrons. The largest absolute Gasteiger partial charge is 0.394 e. The van der Waals surface area contributed by atoms with E-state index in [-0.39, 0.29) is 152 Å². The number of rotatable bonds is 63. The predicted octanol–water partition coefficient (Wildman–Crippen LogP) is -9.18. The Morgan fingerprint density at radius 3 is 0.659 bits per heavy atom. The standard InChI is InChI=1S/C52H106O33/c1-52(2,3)85-35-51(31-76-28-48(81-22-43(69)17-71-14-37(63)5-54)26-74-29-49(24-72-15-38(64)6-55)82-32-45(11-60)78-19-40(66)8-57)84-34-50(83-33-46(12-61)79-20-41(67)9-58)30-75-27-47(80-21-42(68)16-70-13-36(62)4-53)25-73-23-44(10-59)77-18-39(65)7-56/h36-51,53-69H,4-35H2,1-3H3. The molecule has 0 saturated carbocycles. The van der Waals surface area contributed by atoms with E-state index < -0.39 is 163 Å². The van der Waals surface area contributed by atoms with Gasteiger partial charge in [0.05, 0.1) is 217 Å². The summed E-state index contributed by atoms with van der Waals surface area (Å²) in [7, 11) is 0. The molecule has 0 amide bonds. The van der Waals surface area contributed by atoms with Gasteiger partial charge in [0.15, 0.2) is 0 Å². The minimum absolute atomic E-state index is 0.0342. The van der Waals surface area contributed by atoms with Gasteiger partial charge in [0.2, 0.25) is 0 Å². The summed E-state index contributed by atoms with van der Waals surface area (Å²) in [6.45, 7) is -4.76. The third-order valence-corrected chi connectivity index (χ3v) is 11.0. The first-order chi connectivity index (χ1) is 40.7. The fraction of sp³-hybridized carbons (Fsp3) is 1.00. The highest BCUT2D eigenvalue weighted by Crippen LogP contribution is 2.13. The van der Waals surface area contributed by atoms with Crippen LogP contribution in [-0.4, -0.2) is 401 Å². The molecule has 16 unspecified atom stereocenters. The van der Waals surface area contributed by atoms with Crippen molar-refractivity contribution in [2.45, 2.75) is 124 Å². The Bertz CT molecular complexity index is 1430. The molecule has 0 fully saturated rings. The predicted molar refractivity (Wildman–Crippen MR) is 291 cm³/mol. The maximum Gasteiger partial charge on any atom is 0.104 e. The van der Waals surface area contributed by atoms with Gasteiger partial charge in [-0.25, -0.2) is 0 Å². The molecule has 0 radical (unpaired) electrons. The van der Waals surface area contributed by atoms with Gasteiger partial charge in [-0.05, 0) is 20.8 Å². The Morgan fingerprint density at radius 1 is 0.200 bits per heavy atom. The maximum atomic E-state index is 10.7. The van der Waals surface area contributed by atoms with E-state index in [4.69, 9.17) is 96.2 Å². The molecule has 0 heterocycles. The van der Waals surface area contributed by atoms with Gasteiger partial charge in [-0.3, -0.25) is 0 Å². The molecule has 0 spiro atoms. The fourth-order valence-electron chi connectivity index (χ4n) is 6.24. The second-order valence-electron chi connectivity index (χ2n) is 20.7. The molecule has 0 aliphatic rings. The molecule has 0 aliphatic heterocycles. The third-order valence-electron chi connectivity index (χ3n) is 11.0. The van der Waals surface area contributed by atoms with Crippen LogP contribution in [0.2, 0.25) is 0 Å². The van der Waals surface area contributed by atoms with Crippen LogP contribution >= 0.6 is 0 Å².